The number of rotatable bonds is 4. The highest BCUT2D eigenvalue weighted by molar-refractivity contribution is 5.44. The molecule has 0 amide bonds. The Bertz CT molecular complexity index is 549. The van der Waals surface area contributed by atoms with E-state index in [0.29, 0.717) is 0 Å². The van der Waals surface area contributed by atoms with Gasteiger partial charge in [0.25, 0.3) is 0 Å². The first-order valence-corrected chi connectivity index (χ1v) is 6.27. The molecule has 0 aliphatic heterocycles. The Hall–Kier alpha value is -2.16. The minimum Gasteiger partial charge on any atom is -0.493 e. The maximum absolute atomic E-state index is 5.95. The van der Waals surface area contributed by atoms with Crippen molar-refractivity contribution in [1.82, 2.24) is 0 Å². The summed E-state index contributed by atoms with van der Waals surface area (Å²) in [7, 11) is 1.65. The highest BCUT2D eigenvalue weighted by Crippen LogP contribution is 2.31. The lowest BCUT2D eigenvalue weighted by atomic mass is 10.1. The van der Waals surface area contributed by atoms with Crippen molar-refractivity contribution in [2.45, 2.75) is 20.0 Å². The molecule has 3 nitrogen and oxygen atoms in total. The van der Waals surface area contributed by atoms with Crippen molar-refractivity contribution in [1.29, 1.82) is 0 Å². The van der Waals surface area contributed by atoms with Crippen LogP contribution in [-0.2, 0) is 0 Å². The Morgan fingerprint density at radius 3 is 2.32 bits per heavy atom. The fourth-order valence-electron chi connectivity index (χ4n) is 1.90. The molecule has 0 saturated heterocycles. The largest absolute Gasteiger partial charge is 0.493 e. The van der Waals surface area contributed by atoms with Crippen molar-refractivity contribution < 1.29 is 9.47 Å². The summed E-state index contributed by atoms with van der Waals surface area (Å²) in [5.74, 6) is 1.50. The van der Waals surface area contributed by atoms with Crippen LogP contribution in [0.15, 0.2) is 42.5 Å². The van der Waals surface area contributed by atoms with Crippen LogP contribution in [-0.4, -0.2) is 7.11 Å². The van der Waals surface area contributed by atoms with Crippen molar-refractivity contribution >= 4 is 5.69 Å². The van der Waals surface area contributed by atoms with E-state index in [1.165, 1.54) is 0 Å². The van der Waals surface area contributed by atoms with Crippen molar-refractivity contribution in [3.8, 4) is 11.5 Å². The highest BCUT2D eigenvalue weighted by atomic mass is 16.5. The van der Waals surface area contributed by atoms with E-state index in [2.05, 4.69) is 0 Å². The molecular formula is C16H19NO2. The van der Waals surface area contributed by atoms with Crippen molar-refractivity contribution in [2.75, 3.05) is 12.8 Å². The molecule has 0 bridgehead atoms. The fourth-order valence-corrected chi connectivity index (χ4v) is 1.90. The van der Waals surface area contributed by atoms with Crippen LogP contribution < -0.4 is 15.2 Å². The Balaban J connectivity index is 2.18. The minimum atomic E-state index is -0.0581. The zero-order valence-electron chi connectivity index (χ0n) is 11.5. The van der Waals surface area contributed by atoms with Crippen LogP contribution in [0, 0.1) is 6.92 Å². The number of ether oxygens (including phenoxy) is 2. The van der Waals surface area contributed by atoms with Gasteiger partial charge in [-0.3, -0.25) is 0 Å². The maximum atomic E-state index is 5.95. The van der Waals surface area contributed by atoms with Crippen molar-refractivity contribution in [3.05, 3.63) is 53.6 Å². The topological polar surface area (TPSA) is 44.5 Å². The van der Waals surface area contributed by atoms with Crippen molar-refractivity contribution in [2.24, 2.45) is 0 Å². The number of nitrogen functional groups attached to an aromatic ring is 1. The van der Waals surface area contributed by atoms with Gasteiger partial charge in [-0.2, -0.15) is 0 Å². The van der Waals surface area contributed by atoms with Gasteiger partial charge in [-0.15, -0.1) is 0 Å². The van der Waals surface area contributed by atoms with E-state index in [9.17, 15) is 0 Å². The molecule has 0 fully saturated rings. The quantitative estimate of drug-likeness (QED) is 0.849. The summed E-state index contributed by atoms with van der Waals surface area (Å²) < 4.78 is 11.3. The van der Waals surface area contributed by atoms with Crippen LogP contribution in [0.3, 0.4) is 0 Å². The number of nitrogens with two attached hydrogens (primary N) is 1. The molecule has 0 aromatic heterocycles. The lowest BCUT2D eigenvalue weighted by Crippen LogP contribution is -2.04. The zero-order valence-corrected chi connectivity index (χ0v) is 11.5. The number of aryl methyl sites for hydroxylation is 1. The molecule has 0 aliphatic rings. The number of anilines is 1. The maximum Gasteiger partial charge on any atom is 0.162 e. The van der Waals surface area contributed by atoms with Gasteiger partial charge in [0.15, 0.2) is 11.5 Å². The average Bonchev–Trinajstić information content (AvgIpc) is 2.41. The first-order valence-electron chi connectivity index (χ1n) is 6.27. The summed E-state index contributed by atoms with van der Waals surface area (Å²) in [5.41, 5.74) is 8.66. The van der Waals surface area contributed by atoms with Gasteiger partial charge in [0.1, 0.15) is 6.10 Å². The summed E-state index contributed by atoms with van der Waals surface area (Å²) in [4.78, 5) is 0. The molecule has 2 aromatic rings. The van der Waals surface area contributed by atoms with Gasteiger partial charge in [0.2, 0.25) is 0 Å². The molecule has 2 rings (SSSR count). The monoisotopic (exact) mass is 257 g/mol. The third-order valence-electron chi connectivity index (χ3n) is 3.03. The summed E-state index contributed by atoms with van der Waals surface area (Å²) in [6.07, 6.45) is -0.0581. The van der Waals surface area contributed by atoms with Gasteiger partial charge >= 0.3 is 0 Å². The SMILES string of the molecule is COc1cc(C)ccc1OC(C)c1ccc(N)cc1. The second-order valence-corrected chi connectivity index (χ2v) is 4.58. The predicted octanol–water partition coefficient (Wildman–Crippen LogP) is 3.73. The minimum absolute atomic E-state index is 0.0581. The molecule has 0 spiro atoms. The van der Waals surface area contributed by atoms with Gasteiger partial charge in [0.05, 0.1) is 7.11 Å². The Morgan fingerprint density at radius 1 is 1.00 bits per heavy atom. The summed E-state index contributed by atoms with van der Waals surface area (Å²) >= 11 is 0. The Labute approximate surface area is 114 Å². The van der Waals surface area contributed by atoms with E-state index >= 15 is 0 Å². The van der Waals surface area contributed by atoms with E-state index in [0.717, 1.165) is 28.3 Å². The summed E-state index contributed by atoms with van der Waals surface area (Å²) in [6.45, 7) is 4.03. The van der Waals surface area contributed by atoms with Gasteiger partial charge in [-0.1, -0.05) is 18.2 Å². The fraction of sp³-hybridized carbons (Fsp3) is 0.250. The molecule has 2 N–H and O–H groups in total. The molecule has 0 radical (unpaired) electrons. The number of hydrogen-bond acceptors (Lipinski definition) is 3. The molecule has 0 saturated carbocycles. The molecule has 2 aromatic carbocycles. The molecule has 100 valence electrons. The number of methoxy groups -OCH3 is 1. The number of hydrogen-bond donors (Lipinski definition) is 1. The molecule has 3 heteroatoms. The Morgan fingerprint density at radius 2 is 1.68 bits per heavy atom. The van der Waals surface area contributed by atoms with E-state index in [1.54, 1.807) is 7.11 Å². The standard InChI is InChI=1S/C16H19NO2/c1-11-4-9-15(16(10-11)18-3)19-12(2)13-5-7-14(17)8-6-13/h4-10,12H,17H2,1-3H3. The zero-order chi connectivity index (χ0) is 13.8. The molecular weight excluding hydrogens is 238 g/mol. The predicted molar refractivity (Wildman–Crippen MR) is 77.6 cm³/mol. The van der Waals surface area contributed by atoms with Crippen LogP contribution in [0.4, 0.5) is 5.69 Å². The molecule has 19 heavy (non-hydrogen) atoms. The van der Waals surface area contributed by atoms with E-state index in [4.69, 9.17) is 15.2 Å². The smallest absolute Gasteiger partial charge is 0.162 e. The third kappa shape index (κ3) is 3.19. The first kappa shape index (κ1) is 13.3. The van der Waals surface area contributed by atoms with Crippen LogP contribution in [0.1, 0.15) is 24.2 Å². The second kappa shape index (κ2) is 5.65. The molecule has 0 aliphatic carbocycles. The van der Waals surface area contributed by atoms with Crippen molar-refractivity contribution in [3.63, 3.8) is 0 Å². The first-order chi connectivity index (χ1) is 9.10. The van der Waals surface area contributed by atoms with E-state index < -0.39 is 0 Å². The lowest BCUT2D eigenvalue weighted by Gasteiger charge is -2.17. The van der Waals surface area contributed by atoms with E-state index in [-0.39, 0.29) is 6.10 Å². The lowest BCUT2D eigenvalue weighted by molar-refractivity contribution is 0.216. The van der Waals surface area contributed by atoms with Gasteiger partial charge < -0.3 is 15.2 Å². The molecule has 1 atom stereocenters. The van der Waals surface area contributed by atoms with E-state index in [1.807, 2.05) is 56.3 Å². The van der Waals surface area contributed by atoms with Gasteiger partial charge in [-0.25, -0.2) is 0 Å². The molecule has 1 unspecified atom stereocenters. The average molecular weight is 257 g/mol. The van der Waals surface area contributed by atoms with Crippen LogP contribution in [0.25, 0.3) is 0 Å². The summed E-state index contributed by atoms with van der Waals surface area (Å²) in [6, 6.07) is 13.6. The summed E-state index contributed by atoms with van der Waals surface area (Å²) in [5, 5.41) is 0. The van der Waals surface area contributed by atoms with Gasteiger partial charge in [-0.05, 0) is 49.2 Å². The second-order valence-electron chi connectivity index (χ2n) is 4.58. The normalized spacial score (nSPS) is 11.9. The number of benzene rings is 2. The van der Waals surface area contributed by atoms with Crippen LogP contribution >= 0.6 is 0 Å². The van der Waals surface area contributed by atoms with Crippen LogP contribution in [0.5, 0.6) is 11.5 Å². The highest BCUT2D eigenvalue weighted by Gasteiger charge is 2.11. The molecule has 0 heterocycles. The van der Waals surface area contributed by atoms with Crippen LogP contribution in [0.2, 0.25) is 0 Å². The third-order valence-corrected chi connectivity index (χ3v) is 3.03. The van der Waals surface area contributed by atoms with Gasteiger partial charge in [0, 0.05) is 5.69 Å². The Kier molecular flexibility index (Phi) is 3.95.